The van der Waals surface area contributed by atoms with Crippen molar-refractivity contribution >= 4 is 37.9 Å². The SMILES string of the molecule is C1#CC(c2ccc3ccc4cccc5ccc2c3c45)C=C2c3c(cccc3-c3cc(-c4ccccc4)nc(-c4ccccc4)n3)OC2C1. The summed E-state index contributed by atoms with van der Waals surface area (Å²) < 4.78 is 6.63. The fourth-order valence-electron chi connectivity index (χ4n) is 7.60. The summed E-state index contributed by atoms with van der Waals surface area (Å²) in [5.41, 5.74) is 8.31. The molecule has 10 rings (SSSR count). The van der Waals surface area contributed by atoms with Crippen LogP contribution in [0.5, 0.6) is 5.75 Å². The van der Waals surface area contributed by atoms with Gasteiger partial charge in [-0.05, 0) is 50.0 Å². The molecule has 48 heavy (non-hydrogen) atoms. The van der Waals surface area contributed by atoms with E-state index in [-0.39, 0.29) is 12.0 Å². The van der Waals surface area contributed by atoms with Crippen LogP contribution >= 0.6 is 0 Å². The van der Waals surface area contributed by atoms with Gasteiger partial charge in [0.05, 0.1) is 23.7 Å². The summed E-state index contributed by atoms with van der Waals surface area (Å²) >= 11 is 0. The molecule has 2 unspecified atom stereocenters. The molecule has 2 aliphatic rings. The molecule has 0 saturated heterocycles. The van der Waals surface area contributed by atoms with E-state index in [4.69, 9.17) is 14.7 Å². The zero-order chi connectivity index (χ0) is 31.6. The Morgan fingerprint density at radius 3 is 2.10 bits per heavy atom. The molecule has 0 radical (unpaired) electrons. The number of fused-ring (bicyclic) bond motifs is 3. The van der Waals surface area contributed by atoms with Gasteiger partial charge in [0, 0.05) is 27.8 Å². The maximum atomic E-state index is 6.63. The van der Waals surface area contributed by atoms with Crippen LogP contribution in [0, 0.1) is 11.8 Å². The normalized spacial score (nSPS) is 16.5. The van der Waals surface area contributed by atoms with Crippen molar-refractivity contribution in [3.8, 4) is 51.5 Å². The number of hydrogen-bond acceptors (Lipinski definition) is 3. The Kier molecular flexibility index (Phi) is 5.98. The minimum atomic E-state index is -0.137. The number of nitrogens with zero attached hydrogens (tertiary/aromatic N) is 2. The van der Waals surface area contributed by atoms with Crippen LogP contribution in [-0.2, 0) is 0 Å². The van der Waals surface area contributed by atoms with Crippen LogP contribution in [0.2, 0.25) is 0 Å². The lowest BCUT2D eigenvalue weighted by Crippen LogP contribution is -2.10. The number of hydrogen-bond donors (Lipinski definition) is 0. The summed E-state index contributed by atoms with van der Waals surface area (Å²) in [6, 6.07) is 49.0. The molecular formula is C45H28N2O. The molecule has 0 fully saturated rings. The predicted octanol–water partition coefficient (Wildman–Crippen LogP) is 10.7. The molecule has 0 N–H and O–H groups in total. The van der Waals surface area contributed by atoms with Gasteiger partial charge in [0.15, 0.2) is 5.82 Å². The molecule has 0 saturated carbocycles. The van der Waals surface area contributed by atoms with E-state index in [2.05, 4.69) is 121 Å². The number of allylic oxidation sites excluding steroid dienone is 1. The molecule has 0 amide bonds. The van der Waals surface area contributed by atoms with Crippen molar-refractivity contribution in [1.82, 2.24) is 9.97 Å². The molecule has 0 bridgehead atoms. The minimum Gasteiger partial charge on any atom is -0.484 e. The Labute approximate surface area is 278 Å². The van der Waals surface area contributed by atoms with E-state index < -0.39 is 0 Å². The van der Waals surface area contributed by atoms with Gasteiger partial charge >= 0.3 is 0 Å². The van der Waals surface area contributed by atoms with Gasteiger partial charge in [-0.15, -0.1) is 0 Å². The molecule has 2 heterocycles. The van der Waals surface area contributed by atoms with E-state index in [1.54, 1.807) is 0 Å². The molecule has 224 valence electrons. The van der Waals surface area contributed by atoms with Crippen LogP contribution in [0.15, 0.2) is 146 Å². The summed E-state index contributed by atoms with van der Waals surface area (Å²) in [5.74, 6) is 8.61. The van der Waals surface area contributed by atoms with Crippen LogP contribution < -0.4 is 4.74 Å². The van der Waals surface area contributed by atoms with Crippen LogP contribution in [0.4, 0.5) is 0 Å². The summed E-state index contributed by atoms with van der Waals surface area (Å²) in [5, 5.41) is 7.70. The molecule has 2 atom stereocenters. The fraction of sp³-hybridized carbons (Fsp3) is 0.0667. The highest BCUT2D eigenvalue weighted by Gasteiger charge is 2.33. The second kappa shape index (κ2) is 10.7. The summed E-state index contributed by atoms with van der Waals surface area (Å²) in [6.45, 7) is 0. The van der Waals surface area contributed by atoms with Gasteiger partial charge in [-0.25, -0.2) is 9.97 Å². The topological polar surface area (TPSA) is 35.0 Å². The molecule has 1 aromatic heterocycles. The van der Waals surface area contributed by atoms with Crippen molar-refractivity contribution in [2.45, 2.75) is 18.4 Å². The fourth-order valence-corrected chi connectivity index (χ4v) is 7.60. The van der Waals surface area contributed by atoms with Crippen molar-refractivity contribution < 1.29 is 4.74 Å². The largest absolute Gasteiger partial charge is 0.484 e. The zero-order valence-electron chi connectivity index (χ0n) is 26.0. The van der Waals surface area contributed by atoms with Crippen molar-refractivity contribution in [2.24, 2.45) is 0 Å². The third-order valence-corrected chi connectivity index (χ3v) is 9.82. The average Bonchev–Trinajstić information content (AvgIpc) is 3.37. The lowest BCUT2D eigenvalue weighted by Gasteiger charge is -2.17. The highest BCUT2D eigenvalue weighted by molar-refractivity contribution is 6.23. The third kappa shape index (κ3) is 4.24. The summed E-state index contributed by atoms with van der Waals surface area (Å²) in [7, 11) is 0. The van der Waals surface area contributed by atoms with Gasteiger partial charge in [0.1, 0.15) is 11.9 Å². The Bertz CT molecular complexity index is 2560. The Morgan fingerprint density at radius 2 is 1.29 bits per heavy atom. The highest BCUT2D eigenvalue weighted by Crippen LogP contribution is 2.47. The number of rotatable bonds is 4. The molecule has 3 nitrogen and oxygen atoms in total. The van der Waals surface area contributed by atoms with Crippen LogP contribution in [-0.4, -0.2) is 16.1 Å². The molecule has 1 aliphatic heterocycles. The first-order chi connectivity index (χ1) is 23.8. The summed E-state index contributed by atoms with van der Waals surface area (Å²) in [6.07, 6.45) is 2.85. The van der Waals surface area contributed by atoms with Gasteiger partial charge in [0.2, 0.25) is 0 Å². The molecule has 0 spiro atoms. The number of aromatic nitrogens is 2. The van der Waals surface area contributed by atoms with Crippen LogP contribution in [0.25, 0.3) is 71.8 Å². The van der Waals surface area contributed by atoms with Gasteiger partial charge in [-0.2, -0.15) is 0 Å². The predicted molar refractivity (Wildman–Crippen MR) is 196 cm³/mol. The lowest BCUT2D eigenvalue weighted by atomic mass is 9.86. The van der Waals surface area contributed by atoms with Crippen molar-refractivity contribution in [2.75, 3.05) is 0 Å². The monoisotopic (exact) mass is 612 g/mol. The maximum Gasteiger partial charge on any atom is 0.160 e. The van der Waals surface area contributed by atoms with Gasteiger partial charge in [-0.1, -0.05) is 145 Å². The third-order valence-electron chi connectivity index (χ3n) is 9.82. The van der Waals surface area contributed by atoms with E-state index in [0.29, 0.717) is 12.2 Å². The van der Waals surface area contributed by atoms with E-state index in [1.165, 1.54) is 37.9 Å². The molecule has 7 aromatic carbocycles. The van der Waals surface area contributed by atoms with Gasteiger partial charge in [0.25, 0.3) is 0 Å². The smallest absolute Gasteiger partial charge is 0.160 e. The van der Waals surface area contributed by atoms with Gasteiger partial charge < -0.3 is 4.74 Å². The number of benzene rings is 7. The second-order valence-corrected chi connectivity index (χ2v) is 12.6. The first-order valence-electron chi connectivity index (χ1n) is 16.5. The molecular weight excluding hydrogens is 585 g/mol. The Balaban J connectivity index is 1.16. The van der Waals surface area contributed by atoms with Crippen LogP contribution in [0.1, 0.15) is 23.5 Å². The molecule has 3 heteroatoms. The van der Waals surface area contributed by atoms with E-state index in [0.717, 1.165) is 45.0 Å². The standard InChI is InChI=1S/C45H28N2O/c1-3-10-28(11-4-1)38-27-39(47-45(46-38)32-12-5-2-6-13-32)36-17-9-19-41-44(36)37-26-33(16-8-18-40(37)48-41)34-24-22-31-21-20-29-14-7-15-30-23-25-35(34)43(31)42(29)30/h1-7,9-15,17,19-27,33,40H,18H2. The highest BCUT2D eigenvalue weighted by atomic mass is 16.5. The zero-order valence-corrected chi connectivity index (χ0v) is 26.0. The molecule has 1 aliphatic carbocycles. The van der Waals surface area contributed by atoms with Gasteiger partial charge in [-0.3, -0.25) is 0 Å². The summed E-state index contributed by atoms with van der Waals surface area (Å²) in [4.78, 5) is 10.2. The quantitative estimate of drug-likeness (QED) is 0.147. The first kappa shape index (κ1) is 26.9. The van der Waals surface area contributed by atoms with Crippen molar-refractivity contribution in [3.63, 3.8) is 0 Å². The molecule has 8 aromatic rings. The number of ether oxygens (including phenoxy) is 1. The lowest BCUT2D eigenvalue weighted by molar-refractivity contribution is 0.282. The average molecular weight is 613 g/mol. The van der Waals surface area contributed by atoms with Crippen LogP contribution in [0.3, 0.4) is 0 Å². The van der Waals surface area contributed by atoms with E-state index in [1.807, 2.05) is 36.4 Å². The minimum absolute atomic E-state index is 0.0812. The van der Waals surface area contributed by atoms with E-state index in [9.17, 15) is 0 Å². The van der Waals surface area contributed by atoms with Crippen molar-refractivity contribution in [3.05, 3.63) is 157 Å². The first-order valence-corrected chi connectivity index (χ1v) is 16.5. The maximum absolute atomic E-state index is 6.63. The Morgan fingerprint density at radius 1 is 0.604 bits per heavy atom. The van der Waals surface area contributed by atoms with E-state index >= 15 is 0 Å². The Hall–Kier alpha value is -6.24. The van der Waals surface area contributed by atoms with Crippen molar-refractivity contribution in [1.29, 1.82) is 0 Å². The second-order valence-electron chi connectivity index (χ2n) is 12.6.